The molecule has 0 saturated heterocycles. The Balaban J connectivity index is 1.65. The van der Waals surface area contributed by atoms with E-state index in [-0.39, 0.29) is 12.0 Å². The number of benzene rings is 1. The highest BCUT2D eigenvalue weighted by Gasteiger charge is 2.03. The van der Waals surface area contributed by atoms with E-state index in [1.165, 1.54) is 4.88 Å². The Morgan fingerprint density at radius 1 is 1.17 bits per heavy atom. The molecule has 0 saturated carbocycles. The van der Waals surface area contributed by atoms with E-state index in [0.29, 0.717) is 19.6 Å². The zero-order valence-electron chi connectivity index (χ0n) is 13.9. The van der Waals surface area contributed by atoms with E-state index < -0.39 is 0 Å². The van der Waals surface area contributed by atoms with Gasteiger partial charge in [0, 0.05) is 17.8 Å². The fourth-order valence-corrected chi connectivity index (χ4v) is 2.93. The molecule has 2 rings (SSSR count). The highest BCUT2D eigenvalue weighted by atomic mass is 32.1. The van der Waals surface area contributed by atoms with Gasteiger partial charge in [-0.25, -0.2) is 0 Å². The lowest BCUT2D eigenvalue weighted by atomic mass is 10.1. The Labute approximate surface area is 142 Å². The number of rotatable bonds is 9. The van der Waals surface area contributed by atoms with Gasteiger partial charge in [0.05, 0.1) is 12.7 Å². The maximum absolute atomic E-state index is 11.9. The van der Waals surface area contributed by atoms with E-state index in [4.69, 9.17) is 4.74 Å². The number of hydrogen-bond donors (Lipinski definition) is 1. The van der Waals surface area contributed by atoms with E-state index in [0.717, 1.165) is 24.0 Å². The Morgan fingerprint density at radius 3 is 2.57 bits per heavy atom. The molecule has 1 aromatic heterocycles. The van der Waals surface area contributed by atoms with Crippen LogP contribution in [0.15, 0.2) is 41.8 Å². The third kappa shape index (κ3) is 6.97. The van der Waals surface area contributed by atoms with Gasteiger partial charge >= 0.3 is 0 Å². The first-order valence-corrected chi connectivity index (χ1v) is 9.00. The van der Waals surface area contributed by atoms with Crippen LogP contribution < -0.4 is 5.32 Å². The van der Waals surface area contributed by atoms with Crippen molar-refractivity contribution in [1.82, 2.24) is 5.32 Å². The van der Waals surface area contributed by atoms with Crippen LogP contribution in [0.3, 0.4) is 0 Å². The summed E-state index contributed by atoms with van der Waals surface area (Å²) in [5.41, 5.74) is 2.27. The van der Waals surface area contributed by atoms with Gasteiger partial charge in [0.1, 0.15) is 0 Å². The molecule has 0 aliphatic rings. The number of amides is 1. The van der Waals surface area contributed by atoms with E-state index in [1.54, 1.807) is 11.3 Å². The van der Waals surface area contributed by atoms with Crippen molar-refractivity contribution in [2.45, 2.75) is 52.4 Å². The van der Waals surface area contributed by atoms with Crippen LogP contribution in [0.5, 0.6) is 0 Å². The first kappa shape index (κ1) is 17.7. The van der Waals surface area contributed by atoms with Crippen LogP contribution in [0.25, 0.3) is 0 Å². The van der Waals surface area contributed by atoms with Gasteiger partial charge in [-0.05, 0) is 49.3 Å². The summed E-state index contributed by atoms with van der Waals surface area (Å²) in [6.07, 6.45) is 2.70. The standard InChI is InChI=1S/C19H25NO2S/c1-15(2)22-14-17-10-8-16(9-11-17)13-20-19(21)7-3-5-18-6-4-12-23-18/h4,6,8-12,15H,3,5,7,13-14H2,1-2H3,(H,20,21). The van der Waals surface area contributed by atoms with Crippen molar-refractivity contribution < 1.29 is 9.53 Å². The van der Waals surface area contributed by atoms with Crippen LogP contribution in [0.1, 0.15) is 42.7 Å². The van der Waals surface area contributed by atoms with Gasteiger partial charge in [-0.2, -0.15) is 0 Å². The van der Waals surface area contributed by atoms with Crippen molar-refractivity contribution in [3.8, 4) is 0 Å². The molecule has 0 atom stereocenters. The third-order valence-corrected chi connectivity index (χ3v) is 4.44. The molecular formula is C19H25NO2S. The highest BCUT2D eigenvalue weighted by Crippen LogP contribution is 2.12. The number of ether oxygens (including phenoxy) is 1. The van der Waals surface area contributed by atoms with E-state index in [1.807, 2.05) is 26.0 Å². The second-order valence-electron chi connectivity index (χ2n) is 5.89. The van der Waals surface area contributed by atoms with E-state index >= 15 is 0 Å². The molecule has 0 fully saturated rings. The van der Waals surface area contributed by atoms with Crippen LogP contribution in [0.2, 0.25) is 0 Å². The molecule has 1 aromatic carbocycles. The molecule has 4 heteroatoms. The Hall–Kier alpha value is -1.65. The first-order valence-electron chi connectivity index (χ1n) is 8.12. The summed E-state index contributed by atoms with van der Waals surface area (Å²) >= 11 is 1.75. The lowest BCUT2D eigenvalue weighted by Crippen LogP contribution is -2.22. The maximum Gasteiger partial charge on any atom is 0.220 e. The van der Waals surface area contributed by atoms with Crippen LogP contribution >= 0.6 is 11.3 Å². The molecule has 0 radical (unpaired) electrons. The van der Waals surface area contributed by atoms with Gasteiger partial charge in [-0.15, -0.1) is 11.3 Å². The van der Waals surface area contributed by atoms with Crippen molar-refractivity contribution >= 4 is 17.2 Å². The van der Waals surface area contributed by atoms with Gasteiger partial charge < -0.3 is 10.1 Å². The fourth-order valence-electron chi connectivity index (χ4n) is 2.18. The molecule has 23 heavy (non-hydrogen) atoms. The number of thiophene rings is 1. The molecule has 124 valence electrons. The summed E-state index contributed by atoms with van der Waals surface area (Å²) in [7, 11) is 0. The van der Waals surface area contributed by atoms with Crippen molar-refractivity contribution in [2.75, 3.05) is 0 Å². The van der Waals surface area contributed by atoms with Gasteiger partial charge in [-0.3, -0.25) is 4.79 Å². The molecule has 0 spiro atoms. The fraction of sp³-hybridized carbons (Fsp3) is 0.421. The minimum Gasteiger partial charge on any atom is -0.374 e. The minimum absolute atomic E-state index is 0.119. The topological polar surface area (TPSA) is 38.3 Å². The summed E-state index contributed by atoms with van der Waals surface area (Å²) in [4.78, 5) is 13.2. The second-order valence-corrected chi connectivity index (χ2v) is 6.92. The summed E-state index contributed by atoms with van der Waals surface area (Å²) in [5, 5.41) is 5.06. The predicted molar refractivity (Wildman–Crippen MR) is 95.5 cm³/mol. The quantitative estimate of drug-likeness (QED) is 0.743. The zero-order chi connectivity index (χ0) is 16.5. The smallest absolute Gasteiger partial charge is 0.220 e. The number of carbonyl (C=O) groups is 1. The van der Waals surface area contributed by atoms with Crippen molar-refractivity contribution in [3.63, 3.8) is 0 Å². The van der Waals surface area contributed by atoms with Crippen molar-refractivity contribution in [1.29, 1.82) is 0 Å². The van der Waals surface area contributed by atoms with Gasteiger partial charge in [0.2, 0.25) is 5.91 Å². The monoisotopic (exact) mass is 331 g/mol. The van der Waals surface area contributed by atoms with Crippen LogP contribution in [-0.4, -0.2) is 12.0 Å². The number of hydrogen-bond acceptors (Lipinski definition) is 3. The summed E-state index contributed by atoms with van der Waals surface area (Å²) in [5.74, 6) is 0.119. The minimum atomic E-state index is 0.119. The first-order chi connectivity index (χ1) is 11.1. The number of aryl methyl sites for hydroxylation is 1. The highest BCUT2D eigenvalue weighted by molar-refractivity contribution is 7.09. The maximum atomic E-state index is 11.9. The molecule has 1 heterocycles. The van der Waals surface area contributed by atoms with E-state index in [9.17, 15) is 4.79 Å². The molecule has 0 bridgehead atoms. The molecule has 0 aliphatic carbocycles. The third-order valence-electron chi connectivity index (χ3n) is 3.50. The van der Waals surface area contributed by atoms with Gasteiger partial charge in [0.15, 0.2) is 0 Å². The van der Waals surface area contributed by atoms with Crippen molar-refractivity contribution in [3.05, 3.63) is 57.8 Å². The molecule has 1 N–H and O–H groups in total. The zero-order valence-corrected chi connectivity index (χ0v) is 14.7. The normalized spacial score (nSPS) is 10.9. The predicted octanol–water partition coefficient (Wildman–Crippen LogP) is 4.31. The summed E-state index contributed by atoms with van der Waals surface area (Å²) in [6, 6.07) is 12.4. The average molecular weight is 331 g/mol. The number of nitrogens with one attached hydrogen (secondary N) is 1. The summed E-state index contributed by atoms with van der Waals surface area (Å²) < 4.78 is 5.57. The van der Waals surface area contributed by atoms with Crippen LogP contribution in [0.4, 0.5) is 0 Å². The number of carbonyl (C=O) groups excluding carboxylic acids is 1. The Morgan fingerprint density at radius 2 is 1.91 bits per heavy atom. The summed E-state index contributed by atoms with van der Waals surface area (Å²) in [6.45, 7) is 5.28. The molecule has 0 unspecified atom stereocenters. The average Bonchev–Trinajstić information content (AvgIpc) is 3.05. The SMILES string of the molecule is CC(C)OCc1ccc(CNC(=O)CCCc2cccs2)cc1. The van der Waals surface area contributed by atoms with E-state index in [2.05, 4.69) is 35.0 Å². The van der Waals surface area contributed by atoms with Crippen LogP contribution in [0, 0.1) is 0 Å². The molecular weight excluding hydrogens is 306 g/mol. The lowest BCUT2D eigenvalue weighted by Gasteiger charge is -2.09. The second kappa shape index (κ2) is 9.48. The van der Waals surface area contributed by atoms with Crippen LogP contribution in [-0.2, 0) is 29.1 Å². The Kier molecular flexibility index (Phi) is 7.30. The molecule has 0 aliphatic heterocycles. The molecule has 3 nitrogen and oxygen atoms in total. The Bertz CT molecular complexity index is 576. The van der Waals surface area contributed by atoms with Gasteiger partial charge in [-0.1, -0.05) is 30.3 Å². The van der Waals surface area contributed by atoms with Gasteiger partial charge in [0.25, 0.3) is 0 Å². The molecule has 1 amide bonds. The largest absolute Gasteiger partial charge is 0.374 e. The van der Waals surface area contributed by atoms with Crippen molar-refractivity contribution in [2.24, 2.45) is 0 Å². The lowest BCUT2D eigenvalue weighted by molar-refractivity contribution is -0.121. The molecule has 2 aromatic rings.